The van der Waals surface area contributed by atoms with Crippen LogP contribution >= 0.6 is 0 Å². The average molecular weight is 248 g/mol. The van der Waals surface area contributed by atoms with Crippen LogP contribution in [0.5, 0.6) is 0 Å². The molecule has 0 heterocycles. The van der Waals surface area contributed by atoms with Crippen molar-refractivity contribution >= 4 is 17.3 Å². The lowest BCUT2D eigenvalue weighted by molar-refractivity contribution is -0.112. The lowest BCUT2D eigenvalue weighted by Crippen LogP contribution is -2.20. The molecule has 0 aliphatic rings. The van der Waals surface area contributed by atoms with E-state index in [1.807, 2.05) is 13.8 Å². The molecule has 0 aliphatic heterocycles. The molecule has 1 aromatic carbocycles. The lowest BCUT2D eigenvalue weighted by Gasteiger charge is -2.07. The highest BCUT2D eigenvalue weighted by atomic mass is 16.2. The monoisotopic (exact) mass is 248 g/mol. The third-order valence-electron chi connectivity index (χ3n) is 1.86. The Balaban J connectivity index is 0.00000137. The van der Waals surface area contributed by atoms with Crippen molar-refractivity contribution in [2.24, 2.45) is 11.5 Å². The fraction of sp³-hybridized carbons (Fsp3) is 0.154. The molecule has 98 valence electrons. The Labute approximate surface area is 107 Å². The van der Waals surface area contributed by atoms with Crippen LogP contribution in [-0.2, 0) is 4.79 Å². The maximum atomic E-state index is 11.5. The van der Waals surface area contributed by atoms with Gasteiger partial charge >= 0.3 is 0 Å². The summed E-state index contributed by atoms with van der Waals surface area (Å²) < 4.78 is 0. The number of allylic oxidation sites excluding steroid dienone is 2. The van der Waals surface area contributed by atoms with Crippen molar-refractivity contribution in [1.82, 2.24) is 0 Å². The highest BCUT2D eigenvalue weighted by molar-refractivity contribution is 6.04. The van der Waals surface area contributed by atoms with Gasteiger partial charge in [0, 0.05) is 0 Å². The van der Waals surface area contributed by atoms with Gasteiger partial charge in [-0.3, -0.25) is 4.79 Å². The third kappa shape index (κ3) is 5.07. The van der Waals surface area contributed by atoms with E-state index in [1.165, 1.54) is 18.4 Å². The van der Waals surface area contributed by atoms with Gasteiger partial charge in [-0.05, 0) is 30.5 Å². The minimum atomic E-state index is -0.420. The van der Waals surface area contributed by atoms with E-state index in [0.717, 1.165) is 0 Å². The Morgan fingerprint density at radius 3 is 2.44 bits per heavy atom. The zero-order valence-corrected chi connectivity index (χ0v) is 10.7. The summed E-state index contributed by atoms with van der Waals surface area (Å²) in [4.78, 5) is 11.5. The molecular formula is C13H20N4O. The van der Waals surface area contributed by atoms with Crippen LogP contribution in [0.25, 0.3) is 0 Å². The fourth-order valence-electron chi connectivity index (χ4n) is 1.04. The maximum absolute atomic E-state index is 11.5. The highest BCUT2D eigenvalue weighted by Crippen LogP contribution is 2.16. The Kier molecular flexibility index (Phi) is 7.52. The van der Waals surface area contributed by atoms with Crippen LogP contribution in [0.2, 0.25) is 0 Å². The summed E-state index contributed by atoms with van der Waals surface area (Å²) in [6.07, 6.45) is 4.18. The van der Waals surface area contributed by atoms with Gasteiger partial charge in [0.1, 0.15) is 0 Å². The number of nitrogen functional groups attached to an aromatic ring is 1. The normalized spacial score (nSPS) is 10.7. The number of para-hydroxylation sites is 2. The van der Waals surface area contributed by atoms with Crippen LogP contribution in [0.15, 0.2) is 48.3 Å². The number of benzene rings is 1. The molecule has 0 radical (unpaired) electrons. The summed E-state index contributed by atoms with van der Waals surface area (Å²) >= 11 is 0. The van der Waals surface area contributed by atoms with Crippen LogP contribution in [0.4, 0.5) is 11.4 Å². The summed E-state index contributed by atoms with van der Waals surface area (Å²) in [5.41, 5.74) is 17.4. The van der Waals surface area contributed by atoms with Crippen molar-refractivity contribution in [3.05, 3.63) is 48.3 Å². The minimum absolute atomic E-state index is 0.0601. The SMILES string of the molecule is CC.N/C=C\C=C(/N)C(=O)Nc1ccccc1N. The molecule has 5 heteroatoms. The van der Waals surface area contributed by atoms with Gasteiger partial charge in [-0.2, -0.15) is 0 Å². The Morgan fingerprint density at radius 1 is 1.28 bits per heavy atom. The molecular weight excluding hydrogens is 228 g/mol. The highest BCUT2D eigenvalue weighted by Gasteiger charge is 2.06. The lowest BCUT2D eigenvalue weighted by atomic mass is 10.2. The molecule has 1 amide bonds. The number of hydrogen-bond acceptors (Lipinski definition) is 4. The van der Waals surface area contributed by atoms with Crippen LogP contribution in [0.1, 0.15) is 13.8 Å². The predicted molar refractivity (Wildman–Crippen MR) is 76.4 cm³/mol. The summed E-state index contributed by atoms with van der Waals surface area (Å²) in [5.74, 6) is -0.420. The van der Waals surface area contributed by atoms with Gasteiger partial charge < -0.3 is 22.5 Å². The first-order valence-corrected chi connectivity index (χ1v) is 5.65. The zero-order valence-electron chi connectivity index (χ0n) is 10.7. The molecule has 1 aromatic rings. The van der Waals surface area contributed by atoms with E-state index < -0.39 is 5.91 Å². The number of nitrogens with one attached hydrogen (secondary N) is 1. The number of carbonyl (C=O) groups is 1. The van der Waals surface area contributed by atoms with Crippen molar-refractivity contribution in [3.63, 3.8) is 0 Å². The number of carbonyl (C=O) groups excluding carboxylic acids is 1. The smallest absolute Gasteiger partial charge is 0.271 e. The summed E-state index contributed by atoms with van der Waals surface area (Å²) in [7, 11) is 0. The van der Waals surface area contributed by atoms with Gasteiger partial charge in [-0.15, -0.1) is 0 Å². The Hall–Kier alpha value is -2.43. The van der Waals surface area contributed by atoms with Gasteiger partial charge in [-0.1, -0.05) is 26.0 Å². The zero-order chi connectivity index (χ0) is 14.0. The van der Waals surface area contributed by atoms with Crippen molar-refractivity contribution in [2.45, 2.75) is 13.8 Å². The molecule has 1 rings (SSSR count). The number of rotatable bonds is 3. The standard InChI is InChI=1S/C11H14N4O.C2H6/c12-7-3-5-9(14)11(16)15-10-6-2-1-4-8(10)13;1-2/h1-7H,12-14H2,(H,15,16);1-2H3/b7-3-,9-5-;. The average Bonchev–Trinajstić information content (AvgIpc) is 2.40. The van der Waals surface area contributed by atoms with E-state index in [9.17, 15) is 4.79 Å². The largest absolute Gasteiger partial charge is 0.405 e. The minimum Gasteiger partial charge on any atom is -0.405 e. The first-order chi connectivity index (χ1) is 8.65. The molecule has 5 nitrogen and oxygen atoms in total. The van der Waals surface area contributed by atoms with Crippen LogP contribution in [0.3, 0.4) is 0 Å². The van der Waals surface area contributed by atoms with Crippen LogP contribution < -0.4 is 22.5 Å². The van der Waals surface area contributed by atoms with Crippen molar-refractivity contribution in [3.8, 4) is 0 Å². The molecule has 0 atom stereocenters. The maximum Gasteiger partial charge on any atom is 0.271 e. The van der Waals surface area contributed by atoms with Gasteiger partial charge in [0.05, 0.1) is 17.1 Å². The summed E-state index contributed by atoms with van der Waals surface area (Å²) in [5, 5.41) is 2.59. The Morgan fingerprint density at radius 2 is 1.89 bits per heavy atom. The van der Waals surface area contributed by atoms with E-state index in [2.05, 4.69) is 5.32 Å². The van der Waals surface area contributed by atoms with Crippen molar-refractivity contribution in [1.29, 1.82) is 0 Å². The van der Waals surface area contributed by atoms with E-state index in [4.69, 9.17) is 17.2 Å². The quantitative estimate of drug-likeness (QED) is 0.370. The van der Waals surface area contributed by atoms with Gasteiger partial charge in [0.15, 0.2) is 0 Å². The van der Waals surface area contributed by atoms with Crippen molar-refractivity contribution < 1.29 is 4.79 Å². The summed E-state index contributed by atoms with van der Waals surface area (Å²) in [6.45, 7) is 4.00. The Bertz CT molecular complexity index is 438. The molecule has 0 bridgehead atoms. The molecule has 0 aliphatic carbocycles. The van der Waals surface area contributed by atoms with E-state index >= 15 is 0 Å². The van der Waals surface area contributed by atoms with Gasteiger partial charge in [0.25, 0.3) is 5.91 Å². The van der Waals surface area contributed by atoms with Crippen LogP contribution in [0, 0.1) is 0 Å². The number of amides is 1. The first kappa shape index (κ1) is 15.6. The summed E-state index contributed by atoms with van der Waals surface area (Å²) in [6, 6.07) is 6.93. The van der Waals surface area contributed by atoms with E-state index in [1.54, 1.807) is 24.3 Å². The molecule has 0 saturated heterocycles. The molecule has 0 saturated carbocycles. The molecule has 7 N–H and O–H groups in total. The number of anilines is 2. The predicted octanol–water partition coefficient (Wildman–Crippen LogP) is 1.55. The third-order valence-corrected chi connectivity index (χ3v) is 1.86. The second-order valence-electron chi connectivity index (χ2n) is 3.05. The fourth-order valence-corrected chi connectivity index (χ4v) is 1.04. The molecule has 0 unspecified atom stereocenters. The second kappa shape index (κ2) is 8.69. The molecule has 18 heavy (non-hydrogen) atoms. The topological polar surface area (TPSA) is 107 Å². The van der Waals surface area contributed by atoms with Crippen LogP contribution in [-0.4, -0.2) is 5.91 Å². The first-order valence-electron chi connectivity index (χ1n) is 5.65. The molecule has 0 spiro atoms. The van der Waals surface area contributed by atoms with Gasteiger partial charge in [-0.25, -0.2) is 0 Å². The number of nitrogens with two attached hydrogens (primary N) is 3. The van der Waals surface area contributed by atoms with Crippen molar-refractivity contribution in [2.75, 3.05) is 11.1 Å². The molecule has 0 aromatic heterocycles. The van der Waals surface area contributed by atoms with E-state index in [0.29, 0.717) is 11.4 Å². The molecule has 0 fully saturated rings. The van der Waals surface area contributed by atoms with E-state index in [-0.39, 0.29) is 5.70 Å². The number of hydrogen-bond donors (Lipinski definition) is 4. The second-order valence-corrected chi connectivity index (χ2v) is 3.05. The van der Waals surface area contributed by atoms with Gasteiger partial charge in [0.2, 0.25) is 0 Å².